The van der Waals surface area contributed by atoms with E-state index in [1.54, 1.807) is 0 Å². The van der Waals surface area contributed by atoms with Crippen molar-refractivity contribution in [1.29, 1.82) is 0 Å². The third kappa shape index (κ3) is 4.25. The molecule has 1 aromatic rings. The number of likely N-dealkylation sites (tertiary alicyclic amines) is 1. The zero-order valence-corrected chi connectivity index (χ0v) is 16.4. The highest BCUT2D eigenvalue weighted by Crippen LogP contribution is 2.41. The fourth-order valence-electron chi connectivity index (χ4n) is 4.32. The Morgan fingerprint density at radius 1 is 1.32 bits per heavy atom. The zero-order valence-electron chi connectivity index (χ0n) is 16.4. The van der Waals surface area contributed by atoms with Gasteiger partial charge < -0.3 is 4.74 Å². The summed E-state index contributed by atoms with van der Waals surface area (Å²) in [5, 5.41) is 4.70. The summed E-state index contributed by atoms with van der Waals surface area (Å²) in [6.45, 7) is 10.8. The summed E-state index contributed by atoms with van der Waals surface area (Å²) in [6, 6.07) is 2.81. The first-order valence-electron chi connectivity index (χ1n) is 9.77. The Balaban J connectivity index is 1.78. The first-order chi connectivity index (χ1) is 11.7. The Labute approximate surface area is 151 Å². The molecule has 0 unspecified atom stereocenters. The highest BCUT2D eigenvalue weighted by atomic mass is 16.6. The van der Waals surface area contributed by atoms with Gasteiger partial charge in [0.05, 0.1) is 5.69 Å². The van der Waals surface area contributed by atoms with E-state index in [-0.39, 0.29) is 12.0 Å². The van der Waals surface area contributed by atoms with Gasteiger partial charge >= 0.3 is 5.97 Å². The van der Waals surface area contributed by atoms with Crippen LogP contribution in [0.5, 0.6) is 0 Å². The average molecular weight is 348 g/mol. The van der Waals surface area contributed by atoms with Crippen molar-refractivity contribution in [2.45, 2.75) is 97.0 Å². The second-order valence-corrected chi connectivity index (χ2v) is 8.95. The number of aromatic nitrogens is 2. The number of carbonyl (C=O) groups excluding carboxylic acids is 1. The summed E-state index contributed by atoms with van der Waals surface area (Å²) in [4.78, 5) is 15.2. The lowest BCUT2D eigenvalue weighted by atomic mass is 9.85. The van der Waals surface area contributed by atoms with E-state index in [2.05, 4.69) is 24.8 Å². The molecule has 5 nitrogen and oxygen atoms in total. The fourth-order valence-corrected chi connectivity index (χ4v) is 4.32. The van der Waals surface area contributed by atoms with Gasteiger partial charge in [-0.1, -0.05) is 12.8 Å². The van der Waals surface area contributed by atoms with E-state index in [1.165, 1.54) is 25.7 Å². The van der Waals surface area contributed by atoms with Gasteiger partial charge in [0.2, 0.25) is 0 Å². The Morgan fingerprint density at radius 2 is 2.04 bits per heavy atom. The molecule has 1 aliphatic carbocycles. The van der Waals surface area contributed by atoms with Crippen LogP contribution in [0.4, 0.5) is 0 Å². The minimum atomic E-state index is -0.435. The molecule has 0 aromatic carbocycles. The van der Waals surface area contributed by atoms with Crippen molar-refractivity contribution < 1.29 is 9.53 Å². The number of esters is 1. The Bertz CT molecular complexity index is 602. The third-order valence-electron chi connectivity index (χ3n) is 5.44. The van der Waals surface area contributed by atoms with Crippen molar-refractivity contribution in [2.75, 3.05) is 0 Å². The summed E-state index contributed by atoms with van der Waals surface area (Å²) in [5.74, 6) is 0.559. The average Bonchev–Trinajstić information content (AvgIpc) is 3.11. The molecule has 25 heavy (non-hydrogen) atoms. The molecule has 0 N–H and O–H groups in total. The molecule has 1 saturated carbocycles. The minimum Gasteiger partial charge on any atom is -0.459 e. The van der Waals surface area contributed by atoms with Crippen LogP contribution in [0.3, 0.4) is 0 Å². The standard InChI is InChI=1S/C20H33N3O2/c1-14(2)23-11-10-16(21-23)13-22-17-9-7-6-8-15(17)12-18(22)19(24)25-20(3,4)5/h10-11,14-15,17-18H,6-9,12-13H2,1-5H3/t15-,17-,18+/m1/s1. The predicted octanol–water partition coefficient (Wildman–Crippen LogP) is 3.94. The van der Waals surface area contributed by atoms with Gasteiger partial charge in [-0.15, -0.1) is 0 Å². The quantitative estimate of drug-likeness (QED) is 0.774. The van der Waals surface area contributed by atoms with Crippen molar-refractivity contribution in [3.63, 3.8) is 0 Å². The number of nitrogens with zero attached hydrogens (tertiary/aromatic N) is 3. The van der Waals surface area contributed by atoms with Crippen LogP contribution in [0.1, 0.15) is 78.5 Å². The summed E-state index contributed by atoms with van der Waals surface area (Å²) < 4.78 is 7.73. The van der Waals surface area contributed by atoms with E-state index >= 15 is 0 Å². The van der Waals surface area contributed by atoms with Crippen LogP contribution in [-0.4, -0.2) is 38.3 Å². The first kappa shape index (κ1) is 18.4. The maximum atomic E-state index is 12.8. The van der Waals surface area contributed by atoms with Crippen molar-refractivity contribution in [3.05, 3.63) is 18.0 Å². The lowest BCUT2D eigenvalue weighted by Crippen LogP contribution is -2.44. The number of ether oxygens (including phenoxy) is 1. The van der Waals surface area contributed by atoms with Gasteiger partial charge in [0.1, 0.15) is 11.6 Å². The van der Waals surface area contributed by atoms with Gasteiger partial charge in [0.15, 0.2) is 0 Å². The minimum absolute atomic E-state index is 0.0646. The molecule has 0 spiro atoms. The Kier molecular flexibility index (Phi) is 5.24. The maximum Gasteiger partial charge on any atom is 0.323 e. The van der Waals surface area contributed by atoms with Crippen molar-refractivity contribution in [1.82, 2.24) is 14.7 Å². The summed E-state index contributed by atoms with van der Waals surface area (Å²) >= 11 is 0. The van der Waals surface area contributed by atoms with Gasteiger partial charge in [-0.2, -0.15) is 5.10 Å². The molecular formula is C20H33N3O2. The first-order valence-corrected chi connectivity index (χ1v) is 9.77. The molecule has 0 amide bonds. The van der Waals surface area contributed by atoms with Crippen LogP contribution >= 0.6 is 0 Å². The molecular weight excluding hydrogens is 314 g/mol. The van der Waals surface area contributed by atoms with E-state index in [0.29, 0.717) is 18.0 Å². The van der Waals surface area contributed by atoms with Crippen molar-refractivity contribution in [3.8, 4) is 0 Å². The van der Waals surface area contributed by atoms with Gasteiger partial charge in [0.25, 0.3) is 0 Å². The molecule has 1 saturated heterocycles. The van der Waals surface area contributed by atoms with E-state index in [0.717, 1.165) is 18.7 Å². The van der Waals surface area contributed by atoms with Crippen LogP contribution in [0, 0.1) is 5.92 Å². The molecule has 2 fully saturated rings. The van der Waals surface area contributed by atoms with Crippen LogP contribution in [0.15, 0.2) is 12.3 Å². The Morgan fingerprint density at radius 3 is 2.68 bits per heavy atom. The smallest absolute Gasteiger partial charge is 0.323 e. The van der Waals surface area contributed by atoms with E-state index < -0.39 is 5.60 Å². The monoisotopic (exact) mass is 347 g/mol. The molecule has 0 bridgehead atoms. The van der Waals surface area contributed by atoms with Gasteiger partial charge in [0, 0.05) is 24.8 Å². The number of hydrogen-bond donors (Lipinski definition) is 0. The molecule has 3 rings (SSSR count). The summed E-state index contributed by atoms with van der Waals surface area (Å²) in [5.41, 5.74) is 0.615. The van der Waals surface area contributed by atoms with Gasteiger partial charge in [-0.3, -0.25) is 14.4 Å². The van der Waals surface area contributed by atoms with Crippen molar-refractivity contribution in [2.24, 2.45) is 5.92 Å². The number of rotatable bonds is 4. The molecule has 5 heteroatoms. The molecule has 2 heterocycles. The lowest BCUT2D eigenvalue weighted by Gasteiger charge is -2.33. The van der Waals surface area contributed by atoms with Crippen LogP contribution in [0.2, 0.25) is 0 Å². The topological polar surface area (TPSA) is 47.4 Å². The number of hydrogen-bond acceptors (Lipinski definition) is 4. The number of fused-ring (bicyclic) bond motifs is 1. The SMILES string of the molecule is CC(C)n1ccc(CN2[C@@H]3CCCC[C@@H]3C[C@H]2C(=O)OC(C)(C)C)n1. The number of carbonyl (C=O) groups is 1. The maximum absolute atomic E-state index is 12.8. The van der Waals surface area contributed by atoms with E-state index in [9.17, 15) is 4.79 Å². The van der Waals surface area contributed by atoms with Crippen LogP contribution in [0.25, 0.3) is 0 Å². The second kappa shape index (κ2) is 7.10. The Hall–Kier alpha value is -1.36. The van der Waals surface area contributed by atoms with E-state index in [4.69, 9.17) is 9.84 Å². The fraction of sp³-hybridized carbons (Fsp3) is 0.800. The molecule has 1 aromatic heterocycles. The lowest BCUT2D eigenvalue weighted by molar-refractivity contribution is -0.161. The van der Waals surface area contributed by atoms with Crippen LogP contribution < -0.4 is 0 Å². The van der Waals surface area contributed by atoms with Gasteiger partial charge in [-0.05, 0) is 65.9 Å². The second-order valence-electron chi connectivity index (χ2n) is 8.95. The van der Waals surface area contributed by atoms with Gasteiger partial charge in [-0.25, -0.2) is 0 Å². The van der Waals surface area contributed by atoms with Crippen LogP contribution in [-0.2, 0) is 16.1 Å². The van der Waals surface area contributed by atoms with Crippen molar-refractivity contribution >= 4 is 5.97 Å². The summed E-state index contributed by atoms with van der Waals surface area (Å²) in [6.07, 6.45) is 7.95. The molecule has 1 aliphatic heterocycles. The molecule has 140 valence electrons. The highest BCUT2D eigenvalue weighted by molar-refractivity contribution is 5.76. The molecule has 0 radical (unpaired) electrons. The summed E-state index contributed by atoms with van der Waals surface area (Å²) in [7, 11) is 0. The molecule has 3 atom stereocenters. The zero-order chi connectivity index (χ0) is 18.2. The largest absolute Gasteiger partial charge is 0.459 e. The third-order valence-corrected chi connectivity index (χ3v) is 5.44. The highest BCUT2D eigenvalue weighted by Gasteiger charge is 2.46. The van der Waals surface area contributed by atoms with E-state index in [1.807, 2.05) is 31.6 Å². The normalized spacial score (nSPS) is 27.5. The predicted molar refractivity (Wildman–Crippen MR) is 98.2 cm³/mol. The molecule has 2 aliphatic rings.